The Hall–Kier alpha value is -1.14. The predicted octanol–water partition coefficient (Wildman–Crippen LogP) is 4.54. The average Bonchev–Trinajstić information content (AvgIpc) is 2.47. The maximum atomic E-state index is 12.4. The number of alkyl carbamates (subject to hydrolysis) is 1. The van der Waals surface area contributed by atoms with Crippen molar-refractivity contribution in [3.05, 3.63) is 0 Å². The van der Waals surface area contributed by atoms with Crippen molar-refractivity contribution >= 4 is 12.0 Å². The summed E-state index contributed by atoms with van der Waals surface area (Å²) in [5, 5.41) is 15.9. The van der Waals surface area contributed by atoms with Crippen LogP contribution in [0.5, 0.6) is 0 Å². The van der Waals surface area contributed by atoms with E-state index in [2.05, 4.69) is 38.3 Å². The molecule has 0 aromatic heterocycles. The number of hydrogen-bond acceptors (Lipinski definition) is 5. The number of rotatable bonds is 12. The lowest BCUT2D eigenvalue weighted by molar-refractivity contribution is -0.131. The Morgan fingerprint density at radius 2 is 1.64 bits per heavy atom. The minimum atomic E-state index is -0.999. The molecule has 0 spiro atoms. The molecule has 0 aliphatic carbocycles. The molecule has 0 radical (unpaired) electrons. The molecule has 2 unspecified atom stereocenters. The van der Waals surface area contributed by atoms with Gasteiger partial charge < -0.3 is 15.2 Å². The van der Waals surface area contributed by atoms with Crippen LogP contribution < -0.4 is 10.6 Å². The third kappa shape index (κ3) is 11.6. The van der Waals surface area contributed by atoms with Crippen molar-refractivity contribution in [2.24, 2.45) is 5.41 Å². The Kier molecular flexibility index (Phi) is 10.7. The molecule has 0 aromatic rings. The monoisotopic (exact) mass is 400 g/mol. The molecule has 0 fully saturated rings. The van der Waals surface area contributed by atoms with Gasteiger partial charge in [0.25, 0.3) is 0 Å². The minimum absolute atomic E-state index is 0.182. The van der Waals surface area contributed by atoms with Crippen LogP contribution in [0.2, 0.25) is 0 Å². The summed E-state index contributed by atoms with van der Waals surface area (Å²) in [4.78, 5) is 24.5. The van der Waals surface area contributed by atoms with Gasteiger partial charge in [-0.05, 0) is 53.9 Å². The molecule has 2 amide bonds. The molecule has 0 aliphatic rings. The SMILES string of the molecule is CCCCC(CC)NC(C)(C)CC(C)OC(=O)NC(=O)C(C)(C)CC(C)(C)O. The summed E-state index contributed by atoms with van der Waals surface area (Å²) >= 11 is 0. The standard InChI is InChI=1S/C22H44N2O4/c1-10-12-13-17(11-2)24-21(6,7)14-16(3)28-19(26)23-18(25)20(4,5)15-22(8,9)27/h16-17,24,27H,10-15H2,1-9H3,(H,23,25,26). The first kappa shape index (κ1) is 26.9. The van der Waals surface area contributed by atoms with Crippen molar-refractivity contribution in [3.8, 4) is 0 Å². The average molecular weight is 401 g/mol. The van der Waals surface area contributed by atoms with E-state index < -0.39 is 23.0 Å². The molecule has 0 aromatic carbocycles. The van der Waals surface area contributed by atoms with Gasteiger partial charge in [0.05, 0.1) is 5.60 Å². The molecule has 0 heterocycles. The molecule has 0 bridgehead atoms. The molecule has 0 aliphatic heterocycles. The lowest BCUT2D eigenvalue weighted by Crippen LogP contribution is -2.49. The largest absolute Gasteiger partial charge is 0.446 e. The summed E-state index contributed by atoms with van der Waals surface area (Å²) in [5.74, 6) is -0.449. The smallest absolute Gasteiger partial charge is 0.414 e. The van der Waals surface area contributed by atoms with Gasteiger partial charge in [-0.2, -0.15) is 0 Å². The molecule has 0 saturated heterocycles. The summed E-state index contributed by atoms with van der Waals surface area (Å²) in [6.07, 6.45) is 4.37. The molecule has 3 N–H and O–H groups in total. The highest BCUT2D eigenvalue weighted by atomic mass is 16.6. The molecular weight excluding hydrogens is 356 g/mol. The number of nitrogens with one attached hydrogen (secondary N) is 2. The maximum Gasteiger partial charge on any atom is 0.414 e. The van der Waals surface area contributed by atoms with E-state index in [4.69, 9.17) is 4.74 Å². The molecular formula is C22H44N2O4. The van der Waals surface area contributed by atoms with Gasteiger partial charge in [0.2, 0.25) is 5.91 Å². The van der Waals surface area contributed by atoms with Crippen LogP contribution in [0.1, 0.15) is 101 Å². The van der Waals surface area contributed by atoms with Crippen LogP contribution in [0.4, 0.5) is 4.79 Å². The third-order valence-corrected chi connectivity index (χ3v) is 4.80. The summed E-state index contributed by atoms with van der Waals surface area (Å²) < 4.78 is 5.41. The van der Waals surface area contributed by atoms with Gasteiger partial charge in [-0.1, -0.05) is 40.5 Å². The van der Waals surface area contributed by atoms with Gasteiger partial charge in [0, 0.05) is 23.4 Å². The summed E-state index contributed by atoms with van der Waals surface area (Å²) in [6.45, 7) is 17.1. The number of unbranched alkanes of at least 4 members (excludes halogenated alkanes) is 1. The van der Waals surface area contributed by atoms with E-state index in [0.29, 0.717) is 12.5 Å². The number of imide groups is 1. The van der Waals surface area contributed by atoms with E-state index >= 15 is 0 Å². The zero-order valence-corrected chi connectivity index (χ0v) is 19.6. The van der Waals surface area contributed by atoms with Crippen LogP contribution in [0.15, 0.2) is 0 Å². The van der Waals surface area contributed by atoms with Gasteiger partial charge in [0.15, 0.2) is 0 Å². The lowest BCUT2D eigenvalue weighted by Gasteiger charge is -2.34. The third-order valence-electron chi connectivity index (χ3n) is 4.80. The molecule has 6 nitrogen and oxygen atoms in total. The Bertz CT molecular complexity index is 495. The number of carbonyl (C=O) groups excluding carboxylic acids is 2. The summed E-state index contributed by atoms with van der Waals surface area (Å²) in [5.41, 5.74) is -2.06. The first-order valence-electron chi connectivity index (χ1n) is 10.6. The van der Waals surface area contributed by atoms with Crippen LogP contribution >= 0.6 is 0 Å². The number of carbonyl (C=O) groups is 2. The number of aliphatic hydroxyl groups is 1. The second-order valence-electron chi connectivity index (χ2n) is 10.0. The topological polar surface area (TPSA) is 87.7 Å². The van der Waals surface area contributed by atoms with Gasteiger partial charge in [-0.25, -0.2) is 4.79 Å². The number of ether oxygens (including phenoxy) is 1. The van der Waals surface area contributed by atoms with Crippen molar-refractivity contribution in [1.82, 2.24) is 10.6 Å². The highest BCUT2D eigenvalue weighted by Crippen LogP contribution is 2.28. The quantitative estimate of drug-likeness (QED) is 0.447. The Balaban J connectivity index is 4.62. The molecule has 166 valence electrons. The first-order chi connectivity index (χ1) is 12.6. The fourth-order valence-corrected chi connectivity index (χ4v) is 3.84. The van der Waals surface area contributed by atoms with Crippen LogP contribution in [0.25, 0.3) is 0 Å². The van der Waals surface area contributed by atoms with Crippen molar-refractivity contribution in [2.75, 3.05) is 0 Å². The molecule has 2 atom stereocenters. The minimum Gasteiger partial charge on any atom is -0.446 e. The number of hydrogen-bond donors (Lipinski definition) is 3. The predicted molar refractivity (Wildman–Crippen MR) is 114 cm³/mol. The summed E-state index contributed by atoms with van der Waals surface area (Å²) in [7, 11) is 0. The van der Waals surface area contributed by atoms with Crippen LogP contribution in [-0.2, 0) is 9.53 Å². The highest BCUT2D eigenvalue weighted by molar-refractivity contribution is 5.94. The fraction of sp³-hybridized carbons (Fsp3) is 0.909. The van der Waals surface area contributed by atoms with Crippen LogP contribution in [0, 0.1) is 5.41 Å². The van der Waals surface area contributed by atoms with Gasteiger partial charge in [-0.3, -0.25) is 10.1 Å². The Morgan fingerprint density at radius 1 is 1.07 bits per heavy atom. The zero-order chi connectivity index (χ0) is 22.2. The van der Waals surface area contributed by atoms with Gasteiger partial charge in [-0.15, -0.1) is 0 Å². The van der Waals surface area contributed by atoms with Gasteiger partial charge in [0.1, 0.15) is 6.10 Å². The molecule has 0 rings (SSSR count). The Labute approximate surface area is 172 Å². The second-order valence-corrected chi connectivity index (χ2v) is 10.0. The lowest BCUT2D eigenvalue weighted by atomic mass is 9.81. The maximum absolute atomic E-state index is 12.4. The van der Waals surface area contributed by atoms with Gasteiger partial charge >= 0.3 is 6.09 Å². The molecule has 0 saturated carbocycles. The first-order valence-corrected chi connectivity index (χ1v) is 10.6. The highest BCUT2D eigenvalue weighted by Gasteiger charge is 2.35. The number of amides is 2. The van der Waals surface area contributed by atoms with Crippen molar-refractivity contribution < 1.29 is 19.4 Å². The van der Waals surface area contributed by atoms with Crippen LogP contribution in [-0.4, -0.2) is 40.4 Å². The van der Waals surface area contributed by atoms with E-state index in [1.807, 2.05) is 6.92 Å². The van der Waals surface area contributed by atoms with E-state index in [0.717, 1.165) is 12.8 Å². The normalized spacial score (nSPS) is 15.1. The van der Waals surface area contributed by atoms with E-state index in [1.165, 1.54) is 12.8 Å². The van der Waals surface area contributed by atoms with Crippen molar-refractivity contribution in [3.63, 3.8) is 0 Å². The Morgan fingerprint density at radius 3 is 2.11 bits per heavy atom. The molecule has 28 heavy (non-hydrogen) atoms. The van der Waals surface area contributed by atoms with Crippen LogP contribution in [0.3, 0.4) is 0 Å². The van der Waals surface area contributed by atoms with Crippen molar-refractivity contribution in [1.29, 1.82) is 0 Å². The van der Waals surface area contributed by atoms with Crippen molar-refractivity contribution in [2.45, 2.75) is 124 Å². The summed E-state index contributed by atoms with van der Waals surface area (Å²) in [6, 6.07) is 0.445. The second kappa shape index (κ2) is 11.1. The molecule has 6 heteroatoms. The van der Waals surface area contributed by atoms with E-state index in [1.54, 1.807) is 27.7 Å². The zero-order valence-electron chi connectivity index (χ0n) is 19.6. The fourth-order valence-electron chi connectivity index (χ4n) is 3.84. The van der Waals surface area contributed by atoms with E-state index in [9.17, 15) is 14.7 Å². The van der Waals surface area contributed by atoms with E-state index in [-0.39, 0.29) is 18.1 Å².